The molecule has 0 bridgehead atoms. The van der Waals surface area contributed by atoms with Crippen molar-refractivity contribution in [3.05, 3.63) is 71.0 Å². The number of halogens is 5. The first-order valence-electron chi connectivity index (χ1n) is 10.1. The third-order valence-electron chi connectivity index (χ3n) is 5.61. The van der Waals surface area contributed by atoms with Gasteiger partial charge in [-0.2, -0.15) is 13.2 Å². The molecule has 0 unspecified atom stereocenters. The van der Waals surface area contributed by atoms with Crippen LogP contribution in [-0.4, -0.2) is 31.3 Å². The van der Waals surface area contributed by atoms with E-state index in [0.29, 0.717) is 18.4 Å². The van der Waals surface area contributed by atoms with Crippen LogP contribution in [0.3, 0.4) is 0 Å². The number of ether oxygens (including phenoxy) is 2. The zero-order valence-electron chi connectivity index (χ0n) is 17.5. The van der Waals surface area contributed by atoms with E-state index in [1.807, 2.05) is 0 Å². The van der Waals surface area contributed by atoms with E-state index in [-0.39, 0.29) is 43.3 Å². The molecule has 32 heavy (non-hydrogen) atoms. The lowest BCUT2D eigenvalue weighted by atomic mass is 9.80. The molecule has 4 atom stereocenters. The van der Waals surface area contributed by atoms with Gasteiger partial charge in [0, 0.05) is 5.92 Å². The van der Waals surface area contributed by atoms with Gasteiger partial charge in [0.1, 0.15) is 18.0 Å². The molecule has 0 spiro atoms. The monoisotopic (exact) mass is 475 g/mol. The molecule has 0 radical (unpaired) electrons. The van der Waals surface area contributed by atoms with Gasteiger partial charge in [0.2, 0.25) is 0 Å². The van der Waals surface area contributed by atoms with Crippen LogP contribution >= 0.6 is 12.4 Å². The number of carbonyl (C=O) groups excluding carboxylic acids is 1. The summed E-state index contributed by atoms with van der Waals surface area (Å²) in [6.07, 6.45) is -3.99. The molecule has 1 saturated heterocycles. The van der Waals surface area contributed by atoms with Gasteiger partial charge in [-0.1, -0.05) is 24.3 Å². The highest BCUT2D eigenvalue weighted by molar-refractivity contribution is 5.85. The van der Waals surface area contributed by atoms with Crippen LogP contribution in [0.1, 0.15) is 23.6 Å². The zero-order valence-corrected chi connectivity index (χ0v) is 18.3. The normalized spacial score (nSPS) is 24.5. The van der Waals surface area contributed by atoms with Gasteiger partial charge < -0.3 is 15.2 Å². The lowest BCUT2D eigenvalue weighted by molar-refractivity contribution is -0.153. The van der Waals surface area contributed by atoms with Crippen LogP contribution in [0.4, 0.5) is 17.6 Å². The second kappa shape index (κ2) is 11.1. The first-order chi connectivity index (χ1) is 14.6. The van der Waals surface area contributed by atoms with Crippen molar-refractivity contribution in [1.29, 1.82) is 0 Å². The van der Waals surface area contributed by atoms with Crippen LogP contribution in [0.5, 0.6) is 0 Å². The number of hydrogen-bond acceptors (Lipinski definition) is 4. The zero-order chi connectivity index (χ0) is 22.6. The molecule has 2 aromatic carbocycles. The SMILES string of the molecule is C[C@@H]1OC(=O)[C@@H](N)COC[C@H](Cc2ccc(C(F)(F)F)cc2)[C@H]1Cc1ccc(F)cc1.Cl. The highest BCUT2D eigenvalue weighted by Gasteiger charge is 2.34. The molecule has 176 valence electrons. The van der Waals surface area contributed by atoms with E-state index in [9.17, 15) is 22.4 Å². The molecule has 4 nitrogen and oxygen atoms in total. The third-order valence-corrected chi connectivity index (χ3v) is 5.61. The summed E-state index contributed by atoms with van der Waals surface area (Å²) in [5.41, 5.74) is 6.66. The molecule has 1 heterocycles. The molecular weight excluding hydrogens is 450 g/mol. The second-order valence-corrected chi connectivity index (χ2v) is 7.94. The maximum absolute atomic E-state index is 13.3. The molecule has 2 N–H and O–H groups in total. The predicted octanol–water partition coefficient (Wildman–Crippen LogP) is 4.57. The molecule has 0 amide bonds. The molecule has 1 aliphatic heterocycles. The molecule has 9 heteroatoms. The quantitative estimate of drug-likeness (QED) is 0.519. The summed E-state index contributed by atoms with van der Waals surface area (Å²) < 4.78 is 63.2. The molecule has 3 rings (SSSR count). The Balaban J connectivity index is 0.00000363. The smallest absolute Gasteiger partial charge is 0.416 e. The molecule has 1 aliphatic rings. The van der Waals surface area contributed by atoms with Crippen molar-refractivity contribution in [1.82, 2.24) is 0 Å². The predicted molar refractivity (Wildman–Crippen MR) is 114 cm³/mol. The summed E-state index contributed by atoms with van der Waals surface area (Å²) in [7, 11) is 0. The number of hydrogen-bond donors (Lipinski definition) is 1. The largest absolute Gasteiger partial charge is 0.461 e. The minimum Gasteiger partial charge on any atom is -0.461 e. The van der Waals surface area contributed by atoms with Gasteiger partial charge in [-0.3, -0.25) is 4.79 Å². The number of benzene rings is 2. The molecule has 1 fully saturated rings. The Morgan fingerprint density at radius 1 is 0.969 bits per heavy atom. The number of nitrogens with two attached hydrogens (primary N) is 1. The number of cyclic esters (lactones) is 1. The van der Waals surface area contributed by atoms with Crippen molar-refractivity contribution in [2.75, 3.05) is 13.2 Å². The summed E-state index contributed by atoms with van der Waals surface area (Å²) >= 11 is 0. The fourth-order valence-corrected chi connectivity index (χ4v) is 3.85. The van der Waals surface area contributed by atoms with Gasteiger partial charge in [-0.05, 0) is 61.1 Å². The lowest BCUT2D eigenvalue weighted by Crippen LogP contribution is -2.39. The van der Waals surface area contributed by atoms with Gasteiger partial charge >= 0.3 is 12.1 Å². The van der Waals surface area contributed by atoms with Crippen molar-refractivity contribution in [3.8, 4) is 0 Å². The topological polar surface area (TPSA) is 61.5 Å². The van der Waals surface area contributed by atoms with Crippen LogP contribution in [0.15, 0.2) is 48.5 Å². The second-order valence-electron chi connectivity index (χ2n) is 7.94. The maximum atomic E-state index is 13.3. The average Bonchev–Trinajstić information content (AvgIpc) is 2.75. The maximum Gasteiger partial charge on any atom is 0.416 e. The number of alkyl halides is 3. The number of carbonyl (C=O) groups is 1. The molecule has 0 aliphatic carbocycles. The van der Waals surface area contributed by atoms with E-state index in [0.717, 1.165) is 17.7 Å². The molecule has 0 saturated carbocycles. The molecule has 0 aromatic heterocycles. The Hall–Kier alpha value is -2.16. The highest BCUT2D eigenvalue weighted by atomic mass is 35.5. The van der Waals surface area contributed by atoms with Crippen LogP contribution in [-0.2, 0) is 33.3 Å². The van der Waals surface area contributed by atoms with E-state index in [1.165, 1.54) is 24.3 Å². The minimum absolute atomic E-state index is 0. The van der Waals surface area contributed by atoms with Crippen LogP contribution in [0.25, 0.3) is 0 Å². The standard InChI is InChI=1S/C23H25F4NO3.ClH/c1-14-20(11-16-4-8-19(24)9-5-16)17(12-30-13-21(28)22(29)31-14)10-15-2-6-18(7-3-15)23(25,26)27;/h2-9,14,17,20-21H,10-13,28H2,1H3;1H/t14-,17-,20-,21-;/m0./s1. The van der Waals surface area contributed by atoms with E-state index in [2.05, 4.69) is 0 Å². The van der Waals surface area contributed by atoms with Gasteiger partial charge in [0.25, 0.3) is 0 Å². The van der Waals surface area contributed by atoms with E-state index >= 15 is 0 Å². The van der Waals surface area contributed by atoms with Crippen molar-refractivity contribution >= 4 is 18.4 Å². The van der Waals surface area contributed by atoms with E-state index < -0.39 is 29.9 Å². The first-order valence-corrected chi connectivity index (χ1v) is 10.1. The highest BCUT2D eigenvalue weighted by Crippen LogP contribution is 2.31. The Morgan fingerprint density at radius 2 is 1.53 bits per heavy atom. The number of esters is 1. The summed E-state index contributed by atoms with van der Waals surface area (Å²) in [5, 5.41) is 0. The summed E-state index contributed by atoms with van der Waals surface area (Å²) in [6, 6.07) is 10.2. The van der Waals surface area contributed by atoms with Gasteiger partial charge in [-0.25, -0.2) is 4.39 Å². The van der Waals surface area contributed by atoms with Crippen LogP contribution in [0, 0.1) is 17.7 Å². The van der Waals surface area contributed by atoms with E-state index in [1.54, 1.807) is 19.1 Å². The fourth-order valence-electron chi connectivity index (χ4n) is 3.85. The average molecular weight is 476 g/mol. The lowest BCUT2D eigenvalue weighted by Gasteiger charge is -2.31. The fraction of sp³-hybridized carbons (Fsp3) is 0.435. The van der Waals surface area contributed by atoms with Gasteiger partial charge in [-0.15, -0.1) is 12.4 Å². The van der Waals surface area contributed by atoms with Crippen LogP contribution < -0.4 is 5.73 Å². The number of rotatable bonds is 4. The van der Waals surface area contributed by atoms with Crippen LogP contribution in [0.2, 0.25) is 0 Å². The Labute approximate surface area is 190 Å². The van der Waals surface area contributed by atoms with E-state index in [4.69, 9.17) is 15.2 Å². The molecular formula is C23H26ClF4NO3. The Bertz CT molecular complexity index is 874. The third kappa shape index (κ3) is 6.92. The van der Waals surface area contributed by atoms with Gasteiger partial charge in [0.05, 0.1) is 18.8 Å². The van der Waals surface area contributed by atoms with Crippen molar-refractivity contribution in [2.24, 2.45) is 17.6 Å². The molecule has 2 aromatic rings. The summed E-state index contributed by atoms with van der Waals surface area (Å²) in [6.45, 7) is 2.03. The Kier molecular flexibility index (Phi) is 9.07. The summed E-state index contributed by atoms with van der Waals surface area (Å²) in [5.74, 6) is -1.28. The van der Waals surface area contributed by atoms with Crippen molar-refractivity contribution in [2.45, 2.75) is 38.1 Å². The van der Waals surface area contributed by atoms with Gasteiger partial charge in [0.15, 0.2) is 0 Å². The first kappa shape index (κ1) is 26.1. The van der Waals surface area contributed by atoms with Crippen molar-refractivity contribution in [3.63, 3.8) is 0 Å². The van der Waals surface area contributed by atoms with Crippen molar-refractivity contribution < 1.29 is 31.8 Å². The minimum atomic E-state index is -4.40. The Morgan fingerprint density at radius 3 is 2.12 bits per heavy atom. The summed E-state index contributed by atoms with van der Waals surface area (Å²) in [4.78, 5) is 12.2.